The second-order valence-electron chi connectivity index (χ2n) is 5.01. The van der Waals surface area contributed by atoms with Crippen molar-refractivity contribution in [3.63, 3.8) is 0 Å². The van der Waals surface area contributed by atoms with E-state index in [0.29, 0.717) is 14.9 Å². The molecule has 1 aliphatic heterocycles. The molecule has 8 nitrogen and oxygen atoms in total. The molecule has 1 unspecified atom stereocenters. The van der Waals surface area contributed by atoms with Crippen LogP contribution in [-0.4, -0.2) is 35.5 Å². The summed E-state index contributed by atoms with van der Waals surface area (Å²) >= 11 is 13.0. The van der Waals surface area contributed by atoms with E-state index in [4.69, 9.17) is 23.2 Å². The first kappa shape index (κ1) is 19.4. The fourth-order valence-electron chi connectivity index (χ4n) is 1.91. The number of urea groups is 1. The van der Waals surface area contributed by atoms with Crippen molar-refractivity contribution in [2.75, 3.05) is 5.75 Å². The van der Waals surface area contributed by atoms with Gasteiger partial charge in [0.1, 0.15) is 6.04 Å². The maximum Gasteiger partial charge on any atom is 0.322 e. The quantitative estimate of drug-likeness (QED) is 0.323. The zero-order chi connectivity index (χ0) is 18.4. The summed E-state index contributed by atoms with van der Waals surface area (Å²) in [6.45, 7) is 0. The van der Waals surface area contributed by atoms with Crippen LogP contribution < -0.4 is 21.5 Å². The number of nitrogens with one attached hydrogen (secondary N) is 4. The number of imide groups is 1. The van der Waals surface area contributed by atoms with Crippen LogP contribution in [-0.2, 0) is 14.4 Å². The normalized spacial score (nSPS) is 16.2. The van der Waals surface area contributed by atoms with Crippen molar-refractivity contribution in [2.45, 2.75) is 23.8 Å². The minimum Gasteiger partial charge on any atom is -0.326 e. The highest BCUT2D eigenvalue weighted by molar-refractivity contribution is 8.00. The third kappa shape index (κ3) is 6.11. The minimum absolute atomic E-state index is 0.0292. The van der Waals surface area contributed by atoms with Gasteiger partial charge in [-0.2, -0.15) is 0 Å². The Morgan fingerprint density at radius 1 is 1.16 bits per heavy atom. The predicted octanol–water partition coefficient (Wildman–Crippen LogP) is 1.22. The maximum atomic E-state index is 11.7. The van der Waals surface area contributed by atoms with Crippen molar-refractivity contribution in [2.24, 2.45) is 0 Å². The number of hydrogen-bond donors (Lipinski definition) is 4. The molecule has 1 atom stereocenters. The lowest BCUT2D eigenvalue weighted by Gasteiger charge is -2.09. The Kier molecular flexibility index (Phi) is 6.91. The van der Waals surface area contributed by atoms with Gasteiger partial charge in [0.2, 0.25) is 11.8 Å². The molecule has 5 amide bonds. The lowest BCUT2D eigenvalue weighted by Crippen LogP contribution is -2.43. The van der Waals surface area contributed by atoms with Crippen molar-refractivity contribution in [3.8, 4) is 0 Å². The summed E-state index contributed by atoms with van der Waals surface area (Å²) in [5, 5.41) is 5.43. The van der Waals surface area contributed by atoms with Crippen molar-refractivity contribution < 1.29 is 19.2 Å². The number of hydrogen-bond acceptors (Lipinski definition) is 5. The summed E-state index contributed by atoms with van der Waals surface area (Å²) in [6, 6.07) is 3.59. The van der Waals surface area contributed by atoms with E-state index in [9.17, 15) is 19.2 Å². The molecule has 0 saturated carbocycles. The van der Waals surface area contributed by atoms with Gasteiger partial charge in [-0.25, -0.2) is 4.79 Å². The largest absolute Gasteiger partial charge is 0.326 e. The van der Waals surface area contributed by atoms with Crippen LogP contribution in [0.15, 0.2) is 23.1 Å². The van der Waals surface area contributed by atoms with Gasteiger partial charge in [0.25, 0.3) is 5.91 Å². The van der Waals surface area contributed by atoms with E-state index in [1.165, 1.54) is 11.8 Å². The molecule has 4 N–H and O–H groups in total. The topological polar surface area (TPSA) is 116 Å². The van der Waals surface area contributed by atoms with Crippen LogP contribution in [0.4, 0.5) is 4.79 Å². The van der Waals surface area contributed by atoms with Gasteiger partial charge in [0, 0.05) is 16.3 Å². The van der Waals surface area contributed by atoms with E-state index in [2.05, 4.69) is 21.5 Å². The van der Waals surface area contributed by atoms with E-state index in [1.54, 1.807) is 18.2 Å². The van der Waals surface area contributed by atoms with E-state index >= 15 is 0 Å². The summed E-state index contributed by atoms with van der Waals surface area (Å²) < 4.78 is 0. The highest BCUT2D eigenvalue weighted by Gasteiger charge is 2.29. The van der Waals surface area contributed by atoms with Gasteiger partial charge in [-0.3, -0.25) is 30.6 Å². The average Bonchev–Trinajstić information content (AvgIpc) is 2.89. The molecule has 1 aromatic carbocycles. The Hall–Kier alpha value is -1.97. The van der Waals surface area contributed by atoms with Crippen LogP contribution in [0.3, 0.4) is 0 Å². The van der Waals surface area contributed by atoms with Crippen LogP contribution in [0.1, 0.15) is 12.8 Å². The Balaban J connectivity index is 1.67. The molecule has 2 rings (SSSR count). The molecule has 1 saturated heterocycles. The average molecular weight is 405 g/mol. The summed E-state index contributed by atoms with van der Waals surface area (Å²) in [6.07, 6.45) is 0.0953. The van der Waals surface area contributed by atoms with Crippen molar-refractivity contribution >= 4 is 58.7 Å². The number of hydrazine groups is 1. The number of carbonyl (C=O) groups excluding carboxylic acids is 4. The van der Waals surface area contributed by atoms with E-state index in [1.807, 2.05) is 0 Å². The first-order valence-electron chi connectivity index (χ1n) is 7.12. The molecule has 1 aromatic rings. The smallest absolute Gasteiger partial charge is 0.322 e. The van der Waals surface area contributed by atoms with Gasteiger partial charge in [-0.1, -0.05) is 23.2 Å². The number of amides is 5. The third-order valence-corrected chi connectivity index (χ3v) is 4.84. The van der Waals surface area contributed by atoms with Crippen LogP contribution in [0.25, 0.3) is 0 Å². The monoisotopic (exact) mass is 404 g/mol. The summed E-state index contributed by atoms with van der Waals surface area (Å²) in [5.41, 5.74) is 4.50. The summed E-state index contributed by atoms with van der Waals surface area (Å²) in [4.78, 5) is 46.3. The highest BCUT2D eigenvalue weighted by atomic mass is 35.5. The van der Waals surface area contributed by atoms with Gasteiger partial charge < -0.3 is 5.32 Å². The van der Waals surface area contributed by atoms with E-state index in [0.717, 1.165) is 0 Å². The molecule has 0 aliphatic carbocycles. The SMILES string of the molecule is O=C(CCC1NC(=O)NC1=O)NNC(=O)CSc1cc(Cl)ccc1Cl. The van der Waals surface area contributed by atoms with Gasteiger partial charge in [0.15, 0.2) is 0 Å². The molecular formula is C14H14Cl2N4O4S. The van der Waals surface area contributed by atoms with Gasteiger partial charge in [-0.15, -0.1) is 11.8 Å². The molecular weight excluding hydrogens is 391 g/mol. The number of benzene rings is 1. The third-order valence-electron chi connectivity index (χ3n) is 3.11. The van der Waals surface area contributed by atoms with Crippen LogP contribution >= 0.6 is 35.0 Å². The number of thioether (sulfide) groups is 1. The molecule has 134 valence electrons. The molecule has 25 heavy (non-hydrogen) atoms. The zero-order valence-corrected chi connectivity index (χ0v) is 15.1. The molecule has 11 heteroatoms. The Morgan fingerprint density at radius 3 is 2.56 bits per heavy atom. The standard InChI is InChI=1S/C14H14Cl2N4O4S/c15-7-1-2-8(16)10(5-7)25-6-12(22)20-19-11(21)4-3-9-13(23)18-14(24)17-9/h1-2,5,9H,3-4,6H2,(H,19,21)(H,20,22)(H2,17,18,23,24). The van der Waals surface area contributed by atoms with Gasteiger partial charge in [-0.05, 0) is 24.6 Å². The van der Waals surface area contributed by atoms with Gasteiger partial charge in [0.05, 0.1) is 10.8 Å². The second kappa shape index (κ2) is 8.93. The molecule has 1 aliphatic rings. The van der Waals surface area contributed by atoms with Crippen LogP contribution in [0, 0.1) is 0 Å². The Bertz CT molecular complexity index is 716. The van der Waals surface area contributed by atoms with Crippen molar-refractivity contribution in [1.29, 1.82) is 0 Å². The van der Waals surface area contributed by atoms with Crippen LogP contribution in [0.2, 0.25) is 10.0 Å². The molecule has 1 fully saturated rings. The molecule has 0 radical (unpaired) electrons. The zero-order valence-electron chi connectivity index (χ0n) is 12.7. The summed E-state index contributed by atoms with van der Waals surface area (Å²) in [5.74, 6) is -1.35. The first-order valence-corrected chi connectivity index (χ1v) is 8.86. The van der Waals surface area contributed by atoms with E-state index in [-0.39, 0.29) is 18.6 Å². The number of rotatable bonds is 6. The lowest BCUT2D eigenvalue weighted by atomic mass is 10.1. The first-order chi connectivity index (χ1) is 11.8. The molecule has 0 bridgehead atoms. The lowest BCUT2D eigenvalue weighted by molar-refractivity contribution is -0.128. The molecule has 0 aromatic heterocycles. The highest BCUT2D eigenvalue weighted by Crippen LogP contribution is 2.29. The maximum absolute atomic E-state index is 11.7. The fraction of sp³-hybridized carbons (Fsp3) is 0.286. The predicted molar refractivity (Wildman–Crippen MR) is 93.2 cm³/mol. The molecule has 0 spiro atoms. The Labute approximate surface area is 157 Å². The number of halogens is 2. The summed E-state index contributed by atoms with van der Waals surface area (Å²) in [7, 11) is 0. The van der Waals surface area contributed by atoms with E-state index < -0.39 is 29.8 Å². The van der Waals surface area contributed by atoms with Crippen molar-refractivity contribution in [3.05, 3.63) is 28.2 Å². The fourth-order valence-corrected chi connectivity index (χ4v) is 3.20. The molecule has 1 heterocycles. The van der Waals surface area contributed by atoms with Crippen molar-refractivity contribution in [1.82, 2.24) is 21.5 Å². The Morgan fingerprint density at radius 2 is 1.88 bits per heavy atom. The minimum atomic E-state index is -0.741. The number of carbonyl (C=O) groups is 4. The van der Waals surface area contributed by atoms with Gasteiger partial charge >= 0.3 is 6.03 Å². The van der Waals surface area contributed by atoms with Crippen LogP contribution in [0.5, 0.6) is 0 Å². The second-order valence-corrected chi connectivity index (χ2v) is 6.87.